The lowest BCUT2D eigenvalue weighted by atomic mass is 9.88. The zero-order valence-corrected chi connectivity index (χ0v) is 16.2. The number of hydrogen-bond acceptors (Lipinski definition) is 2. The molecule has 29 heavy (non-hydrogen) atoms. The summed E-state index contributed by atoms with van der Waals surface area (Å²) in [6, 6.07) is 27.5. The van der Waals surface area contributed by atoms with Crippen LogP contribution in [0.15, 0.2) is 84.9 Å². The number of rotatable bonds is 7. The summed E-state index contributed by atoms with van der Waals surface area (Å²) >= 11 is 0. The SMILES string of the molecule is O=C(CC(c1ccccc1)c1ccccc1)Nc1cccc(NC(=O)C2CC2)c1. The maximum absolute atomic E-state index is 12.8. The van der Waals surface area contributed by atoms with Gasteiger partial charge >= 0.3 is 0 Å². The zero-order valence-electron chi connectivity index (χ0n) is 16.2. The van der Waals surface area contributed by atoms with E-state index in [1.165, 1.54) is 0 Å². The first kappa shape index (κ1) is 18.9. The van der Waals surface area contributed by atoms with E-state index in [2.05, 4.69) is 34.9 Å². The van der Waals surface area contributed by atoms with E-state index in [4.69, 9.17) is 0 Å². The van der Waals surface area contributed by atoms with Crippen molar-refractivity contribution in [2.45, 2.75) is 25.2 Å². The number of nitrogens with one attached hydrogen (secondary N) is 2. The minimum atomic E-state index is -0.0617. The number of carbonyl (C=O) groups excluding carboxylic acids is 2. The fourth-order valence-electron chi connectivity index (χ4n) is 3.46. The van der Waals surface area contributed by atoms with Crippen LogP contribution in [0.25, 0.3) is 0 Å². The van der Waals surface area contributed by atoms with E-state index in [1.807, 2.05) is 54.6 Å². The summed E-state index contributed by atoms with van der Waals surface area (Å²) in [4.78, 5) is 24.8. The van der Waals surface area contributed by atoms with Crippen LogP contribution < -0.4 is 10.6 Å². The molecule has 4 nitrogen and oxygen atoms in total. The van der Waals surface area contributed by atoms with Crippen molar-refractivity contribution in [1.82, 2.24) is 0 Å². The second-order valence-electron chi connectivity index (χ2n) is 7.47. The summed E-state index contributed by atoms with van der Waals surface area (Å²) in [6.07, 6.45) is 2.26. The highest BCUT2D eigenvalue weighted by molar-refractivity contribution is 5.96. The van der Waals surface area contributed by atoms with Crippen LogP contribution >= 0.6 is 0 Å². The molecule has 2 N–H and O–H groups in total. The fraction of sp³-hybridized carbons (Fsp3) is 0.200. The normalized spacial score (nSPS) is 13.1. The van der Waals surface area contributed by atoms with Gasteiger partial charge in [0, 0.05) is 29.6 Å². The molecule has 0 saturated heterocycles. The Labute approximate surface area is 171 Å². The third kappa shape index (κ3) is 5.11. The van der Waals surface area contributed by atoms with E-state index in [0.717, 1.165) is 24.0 Å². The Morgan fingerprint density at radius 2 is 1.31 bits per heavy atom. The van der Waals surface area contributed by atoms with Gasteiger partial charge in [0.1, 0.15) is 0 Å². The molecule has 146 valence electrons. The largest absolute Gasteiger partial charge is 0.326 e. The van der Waals surface area contributed by atoms with E-state index < -0.39 is 0 Å². The molecule has 0 aliphatic heterocycles. The first-order valence-corrected chi connectivity index (χ1v) is 10.00. The molecule has 0 atom stereocenters. The van der Waals surface area contributed by atoms with Gasteiger partial charge in [-0.1, -0.05) is 66.7 Å². The highest BCUT2D eigenvalue weighted by atomic mass is 16.2. The summed E-state index contributed by atoms with van der Waals surface area (Å²) < 4.78 is 0. The van der Waals surface area contributed by atoms with Gasteiger partial charge in [0.2, 0.25) is 11.8 Å². The van der Waals surface area contributed by atoms with Crippen molar-refractivity contribution < 1.29 is 9.59 Å². The van der Waals surface area contributed by atoms with Gasteiger partial charge < -0.3 is 10.6 Å². The Morgan fingerprint density at radius 3 is 1.86 bits per heavy atom. The molecule has 4 heteroatoms. The minimum absolute atomic E-state index is 0.0184. The molecular weight excluding hydrogens is 360 g/mol. The van der Waals surface area contributed by atoms with Crippen LogP contribution in [0.5, 0.6) is 0 Å². The van der Waals surface area contributed by atoms with Crippen molar-refractivity contribution in [3.63, 3.8) is 0 Å². The summed E-state index contributed by atoms with van der Waals surface area (Å²) in [7, 11) is 0. The fourth-order valence-corrected chi connectivity index (χ4v) is 3.46. The molecule has 0 bridgehead atoms. The van der Waals surface area contributed by atoms with E-state index in [9.17, 15) is 9.59 Å². The first-order chi connectivity index (χ1) is 14.2. The van der Waals surface area contributed by atoms with Crippen LogP contribution in [-0.2, 0) is 9.59 Å². The number of hydrogen-bond donors (Lipinski definition) is 2. The number of benzene rings is 3. The van der Waals surface area contributed by atoms with Gasteiger partial charge in [-0.05, 0) is 42.2 Å². The Morgan fingerprint density at radius 1 is 0.759 bits per heavy atom. The van der Waals surface area contributed by atoms with Crippen LogP contribution in [-0.4, -0.2) is 11.8 Å². The number of amides is 2. The number of carbonyl (C=O) groups is 2. The topological polar surface area (TPSA) is 58.2 Å². The second kappa shape index (κ2) is 8.74. The molecule has 3 aromatic rings. The molecular formula is C25H24N2O2. The lowest BCUT2D eigenvalue weighted by Crippen LogP contribution is -2.17. The predicted molar refractivity (Wildman–Crippen MR) is 116 cm³/mol. The molecule has 0 unspecified atom stereocenters. The average Bonchev–Trinajstić information content (AvgIpc) is 3.59. The van der Waals surface area contributed by atoms with Gasteiger partial charge in [-0.25, -0.2) is 0 Å². The third-order valence-electron chi connectivity index (χ3n) is 5.16. The molecule has 4 rings (SSSR count). The Hall–Kier alpha value is -3.40. The standard InChI is InChI=1S/C25H24N2O2/c28-24(26-21-12-7-13-22(16-21)27-25(29)20-14-15-20)17-23(18-8-3-1-4-9-18)19-10-5-2-6-11-19/h1-13,16,20,23H,14-15,17H2,(H,26,28)(H,27,29). The van der Waals surface area contributed by atoms with Crippen molar-refractivity contribution >= 4 is 23.2 Å². The molecule has 0 spiro atoms. The quantitative estimate of drug-likeness (QED) is 0.588. The highest BCUT2D eigenvalue weighted by Gasteiger charge is 2.29. The molecule has 2 amide bonds. The second-order valence-corrected chi connectivity index (χ2v) is 7.47. The Balaban J connectivity index is 1.46. The van der Waals surface area contributed by atoms with Gasteiger partial charge in [0.15, 0.2) is 0 Å². The minimum Gasteiger partial charge on any atom is -0.326 e. The van der Waals surface area contributed by atoms with Crippen molar-refractivity contribution in [2.24, 2.45) is 5.92 Å². The smallest absolute Gasteiger partial charge is 0.227 e. The lowest BCUT2D eigenvalue weighted by molar-refractivity contribution is -0.117. The van der Waals surface area contributed by atoms with Crippen LogP contribution in [0.1, 0.15) is 36.3 Å². The summed E-state index contributed by atoms with van der Waals surface area (Å²) in [6.45, 7) is 0. The molecule has 1 aliphatic rings. The molecule has 0 aromatic heterocycles. The third-order valence-corrected chi connectivity index (χ3v) is 5.16. The molecule has 1 fully saturated rings. The molecule has 0 radical (unpaired) electrons. The lowest BCUT2D eigenvalue weighted by Gasteiger charge is -2.18. The van der Waals surface area contributed by atoms with Crippen molar-refractivity contribution in [2.75, 3.05) is 10.6 Å². The van der Waals surface area contributed by atoms with E-state index in [-0.39, 0.29) is 23.7 Å². The summed E-state index contributed by atoms with van der Waals surface area (Å²) in [5.74, 6) is 0.121. The first-order valence-electron chi connectivity index (χ1n) is 10.00. The predicted octanol–water partition coefficient (Wildman–Crippen LogP) is 5.20. The number of anilines is 2. The van der Waals surface area contributed by atoms with Crippen molar-refractivity contribution in [1.29, 1.82) is 0 Å². The summed E-state index contributed by atoms with van der Waals surface area (Å²) in [5.41, 5.74) is 3.62. The average molecular weight is 384 g/mol. The Kier molecular flexibility index (Phi) is 5.71. The Bertz CT molecular complexity index is 942. The van der Waals surface area contributed by atoms with Crippen LogP contribution in [0.4, 0.5) is 11.4 Å². The van der Waals surface area contributed by atoms with Gasteiger partial charge in [-0.2, -0.15) is 0 Å². The van der Waals surface area contributed by atoms with Gasteiger partial charge in [0.05, 0.1) is 0 Å². The monoisotopic (exact) mass is 384 g/mol. The molecule has 3 aromatic carbocycles. The van der Waals surface area contributed by atoms with Crippen LogP contribution in [0, 0.1) is 5.92 Å². The zero-order chi connectivity index (χ0) is 20.1. The maximum atomic E-state index is 12.8. The van der Waals surface area contributed by atoms with Crippen LogP contribution in [0.3, 0.4) is 0 Å². The van der Waals surface area contributed by atoms with Gasteiger partial charge in [0.25, 0.3) is 0 Å². The van der Waals surface area contributed by atoms with E-state index >= 15 is 0 Å². The molecule has 0 heterocycles. The van der Waals surface area contributed by atoms with Crippen LogP contribution in [0.2, 0.25) is 0 Å². The van der Waals surface area contributed by atoms with Crippen molar-refractivity contribution in [3.05, 3.63) is 96.1 Å². The maximum Gasteiger partial charge on any atom is 0.227 e. The van der Waals surface area contributed by atoms with Gasteiger partial charge in [-0.3, -0.25) is 9.59 Å². The summed E-state index contributed by atoms with van der Waals surface area (Å²) in [5, 5.41) is 5.90. The van der Waals surface area contributed by atoms with Gasteiger partial charge in [-0.15, -0.1) is 0 Å². The highest BCUT2D eigenvalue weighted by Crippen LogP contribution is 2.31. The van der Waals surface area contributed by atoms with E-state index in [0.29, 0.717) is 17.8 Å². The van der Waals surface area contributed by atoms with Crippen molar-refractivity contribution in [3.8, 4) is 0 Å². The molecule has 1 aliphatic carbocycles. The molecule has 1 saturated carbocycles. The van der Waals surface area contributed by atoms with E-state index in [1.54, 1.807) is 6.07 Å².